The maximum absolute atomic E-state index is 14.1. The SMILES string of the molecule is CN(C)[C@@H](C(=O)N1CCC[C@H]1c1nc(-c2ccc3nc(C45CCC(c6cnc([C@@H]7CCCN7C(=O)[C@@H](c7ccccc7)N(C)C)[nH]6)(CC4)CC5)ccc3c2)c[nH]1)c1ccccc1. The predicted molar refractivity (Wildman–Crippen MR) is 242 cm³/mol. The van der Waals surface area contributed by atoms with Crippen LogP contribution < -0.4 is 0 Å². The number of amides is 2. The molecule has 3 saturated carbocycles. The van der Waals surface area contributed by atoms with E-state index >= 15 is 0 Å². The first-order valence-corrected chi connectivity index (χ1v) is 22.7. The van der Waals surface area contributed by atoms with Crippen molar-refractivity contribution in [3.63, 3.8) is 0 Å². The van der Waals surface area contributed by atoms with Gasteiger partial charge in [0, 0.05) is 58.7 Å². The average molecular weight is 830 g/mol. The Balaban J connectivity index is 0.814. The number of pyridine rings is 1. The summed E-state index contributed by atoms with van der Waals surface area (Å²) in [7, 11) is 7.92. The number of hydrogen-bond acceptors (Lipinski definition) is 7. The number of likely N-dealkylation sites (N-methyl/N-ethyl adjacent to an activating group) is 2. The van der Waals surface area contributed by atoms with Crippen LogP contribution in [0.2, 0.25) is 0 Å². The smallest absolute Gasteiger partial charge is 0.245 e. The molecule has 2 N–H and O–H groups in total. The number of nitrogens with one attached hydrogen (secondary N) is 2. The Morgan fingerprint density at radius 1 is 0.677 bits per heavy atom. The number of aromatic nitrogens is 5. The molecule has 0 unspecified atom stereocenters. The van der Waals surface area contributed by atoms with Gasteiger partial charge in [0.25, 0.3) is 0 Å². The highest BCUT2D eigenvalue weighted by Gasteiger charge is 2.52. The van der Waals surface area contributed by atoms with E-state index in [1.807, 2.05) is 97.6 Å². The van der Waals surface area contributed by atoms with Crippen molar-refractivity contribution in [1.29, 1.82) is 0 Å². The third-order valence-electron chi connectivity index (χ3n) is 15.0. The molecule has 0 radical (unpaired) electrons. The number of carbonyl (C=O) groups excluding carboxylic acids is 2. The Kier molecular flexibility index (Phi) is 10.6. The number of imidazole rings is 2. The van der Waals surface area contributed by atoms with E-state index in [-0.39, 0.29) is 46.8 Å². The number of fused-ring (bicyclic) bond motifs is 4. The van der Waals surface area contributed by atoms with Gasteiger partial charge in [-0.3, -0.25) is 24.4 Å². The summed E-state index contributed by atoms with van der Waals surface area (Å²) in [6.45, 7) is 1.48. The molecular weight excluding hydrogens is 771 g/mol. The Morgan fingerprint density at radius 3 is 1.82 bits per heavy atom. The molecule has 0 spiro atoms. The van der Waals surface area contributed by atoms with Crippen molar-refractivity contribution in [2.24, 2.45) is 0 Å². The second-order valence-corrected chi connectivity index (χ2v) is 19.0. The van der Waals surface area contributed by atoms with Crippen molar-refractivity contribution in [2.75, 3.05) is 41.3 Å². The maximum atomic E-state index is 14.1. The number of carbonyl (C=O) groups is 2. The molecule has 5 aliphatic rings. The Bertz CT molecular complexity index is 2540. The summed E-state index contributed by atoms with van der Waals surface area (Å²) in [6.07, 6.45) is 14.4. The van der Waals surface area contributed by atoms with Crippen molar-refractivity contribution in [3.8, 4) is 11.3 Å². The lowest BCUT2D eigenvalue weighted by Gasteiger charge is -2.53. The van der Waals surface area contributed by atoms with E-state index in [2.05, 4.69) is 63.5 Å². The zero-order chi connectivity index (χ0) is 42.6. The van der Waals surface area contributed by atoms with Crippen LogP contribution in [0.25, 0.3) is 22.2 Å². The van der Waals surface area contributed by atoms with Gasteiger partial charge in [-0.25, -0.2) is 9.97 Å². The van der Waals surface area contributed by atoms with E-state index in [1.165, 1.54) is 11.4 Å². The molecule has 4 atom stereocenters. The third kappa shape index (κ3) is 7.12. The molecule has 5 heterocycles. The average Bonchev–Trinajstić information content (AvgIpc) is 4.15. The standard InChI is InChI=1S/C51H59N9O2/c1-57(2)44(34-13-7-5-8-14-34)48(61)59-29-11-17-40(59)46-52-32-39(55-46)37-19-21-38-36(31-37)20-22-42(54-38)50-23-26-51(27-24-50,28-25-50)43-33-53-47(56-43)41-18-12-30-60(41)49(62)45(58(3)4)35-15-9-6-10-16-35/h5-10,13-16,19-22,31-33,40-41,44-45H,11-12,17-18,23-30H2,1-4H3,(H,52,55)(H,53,56)/t40-,41-,44+,45+,50?,51?/m0/s1. The first-order valence-electron chi connectivity index (χ1n) is 22.7. The van der Waals surface area contributed by atoms with Gasteiger partial charge in [0.15, 0.2) is 0 Å². The van der Waals surface area contributed by atoms with E-state index in [1.54, 1.807) is 0 Å². The number of rotatable bonds is 11. The molecule has 62 heavy (non-hydrogen) atoms. The van der Waals surface area contributed by atoms with Crippen molar-refractivity contribution in [1.82, 2.24) is 44.5 Å². The number of likely N-dealkylation sites (tertiary alicyclic amines) is 2. The quantitative estimate of drug-likeness (QED) is 0.134. The molecular formula is C51H59N9O2. The third-order valence-corrected chi connectivity index (χ3v) is 15.0. The van der Waals surface area contributed by atoms with E-state index in [9.17, 15) is 9.59 Å². The Labute approximate surface area is 365 Å². The van der Waals surface area contributed by atoms with Crippen LogP contribution in [0.15, 0.2) is 103 Å². The lowest BCUT2D eigenvalue weighted by Crippen LogP contribution is -2.47. The number of benzene rings is 3. The fourth-order valence-electron chi connectivity index (χ4n) is 11.5. The van der Waals surface area contributed by atoms with E-state index < -0.39 is 0 Å². The highest BCUT2D eigenvalue weighted by molar-refractivity contribution is 5.85. The van der Waals surface area contributed by atoms with Gasteiger partial charge in [-0.05, 0) is 122 Å². The van der Waals surface area contributed by atoms with Gasteiger partial charge in [0.1, 0.15) is 23.7 Å². The van der Waals surface area contributed by atoms with Crippen LogP contribution in [0.5, 0.6) is 0 Å². The van der Waals surface area contributed by atoms with Gasteiger partial charge in [0.2, 0.25) is 11.8 Å². The normalized spacial score (nSPS) is 24.7. The highest BCUT2D eigenvalue weighted by Crippen LogP contribution is 2.58. The van der Waals surface area contributed by atoms with Crippen molar-refractivity contribution < 1.29 is 9.59 Å². The fourth-order valence-corrected chi connectivity index (χ4v) is 11.5. The summed E-state index contributed by atoms with van der Waals surface area (Å²) in [4.78, 5) is 58.9. The molecule has 320 valence electrons. The monoisotopic (exact) mass is 829 g/mol. The number of nitrogens with zero attached hydrogens (tertiary/aromatic N) is 7. The van der Waals surface area contributed by atoms with Crippen LogP contribution in [-0.4, -0.2) is 97.6 Å². The second kappa shape index (κ2) is 16.2. The largest absolute Gasteiger partial charge is 0.346 e. The fraction of sp³-hybridized carbons (Fsp3) is 0.431. The van der Waals surface area contributed by atoms with Crippen LogP contribution in [0, 0.1) is 0 Å². The molecule has 2 saturated heterocycles. The topological polar surface area (TPSA) is 117 Å². The molecule has 2 aliphatic heterocycles. The summed E-state index contributed by atoms with van der Waals surface area (Å²) in [6, 6.07) is 30.4. The molecule has 2 bridgehead atoms. The minimum Gasteiger partial charge on any atom is -0.346 e. The summed E-state index contributed by atoms with van der Waals surface area (Å²) in [5.74, 6) is 2.04. The summed E-state index contributed by atoms with van der Waals surface area (Å²) < 4.78 is 0. The van der Waals surface area contributed by atoms with Crippen LogP contribution in [-0.2, 0) is 20.4 Å². The second-order valence-electron chi connectivity index (χ2n) is 19.0. The number of H-pyrrole nitrogens is 2. The van der Waals surface area contributed by atoms with Crippen molar-refractivity contribution in [3.05, 3.63) is 138 Å². The van der Waals surface area contributed by atoms with Gasteiger partial charge in [-0.15, -0.1) is 0 Å². The molecule has 3 aliphatic carbocycles. The van der Waals surface area contributed by atoms with Crippen LogP contribution in [0.3, 0.4) is 0 Å². The Morgan fingerprint density at radius 2 is 1.24 bits per heavy atom. The van der Waals surface area contributed by atoms with Crippen LogP contribution in [0.1, 0.15) is 123 Å². The summed E-state index contributed by atoms with van der Waals surface area (Å²) in [5, 5.41) is 1.10. The zero-order valence-corrected chi connectivity index (χ0v) is 36.6. The molecule has 11 nitrogen and oxygen atoms in total. The van der Waals surface area contributed by atoms with Crippen LogP contribution >= 0.6 is 0 Å². The summed E-state index contributed by atoms with van der Waals surface area (Å²) >= 11 is 0. The van der Waals surface area contributed by atoms with Gasteiger partial charge in [0.05, 0.1) is 23.3 Å². The first kappa shape index (κ1) is 40.4. The van der Waals surface area contributed by atoms with Crippen molar-refractivity contribution >= 4 is 22.7 Å². The maximum Gasteiger partial charge on any atom is 0.245 e. The predicted octanol–water partition coefficient (Wildman–Crippen LogP) is 8.82. The summed E-state index contributed by atoms with van der Waals surface area (Å²) in [5.41, 5.74) is 7.58. The van der Waals surface area contributed by atoms with Gasteiger partial charge in [-0.1, -0.05) is 72.8 Å². The van der Waals surface area contributed by atoms with E-state index in [0.717, 1.165) is 122 Å². The van der Waals surface area contributed by atoms with Gasteiger partial charge >= 0.3 is 0 Å². The zero-order valence-electron chi connectivity index (χ0n) is 36.6. The van der Waals surface area contributed by atoms with Crippen molar-refractivity contribution in [2.45, 2.75) is 99.2 Å². The minimum absolute atomic E-state index is 0.0304. The Hall–Kier alpha value is -5.65. The first-order chi connectivity index (χ1) is 30.1. The lowest BCUT2D eigenvalue weighted by molar-refractivity contribution is -0.138. The molecule has 5 fully saturated rings. The number of aromatic amines is 2. The van der Waals surface area contributed by atoms with Crippen LogP contribution in [0.4, 0.5) is 0 Å². The highest BCUT2D eigenvalue weighted by atomic mass is 16.2. The molecule has 2 amide bonds. The minimum atomic E-state index is -0.340. The molecule has 11 heteroatoms. The van der Waals surface area contributed by atoms with Gasteiger partial charge < -0.3 is 19.8 Å². The lowest BCUT2D eigenvalue weighted by atomic mass is 9.52. The molecule has 3 aromatic heterocycles. The molecule has 3 aromatic carbocycles. The molecule has 11 rings (SSSR count). The molecule has 6 aromatic rings. The van der Waals surface area contributed by atoms with Gasteiger partial charge in [-0.2, -0.15) is 0 Å². The van der Waals surface area contributed by atoms with E-state index in [0.29, 0.717) is 0 Å². The van der Waals surface area contributed by atoms with E-state index in [4.69, 9.17) is 15.0 Å². The number of hydrogen-bond donors (Lipinski definition) is 2.